The number of benzene rings is 1. The molecule has 1 aromatic carbocycles. The van der Waals surface area contributed by atoms with Gasteiger partial charge in [0.25, 0.3) is 0 Å². The highest BCUT2D eigenvalue weighted by Gasteiger charge is 2.16. The Labute approximate surface area is 144 Å². The predicted octanol–water partition coefficient (Wildman–Crippen LogP) is 2.49. The van der Waals surface area contributed by atoms with Crippen LogP contribution in [0.25, 0.3) is 0 Å². The van der Waals surface area contributed by atoms with Crippen LogP contribution in [0.15, 0.2) is 40.8 Å². The zero-order valence-corrected chi connectivity index (χ0v) is 15.2. The molecule has 0 saturated heterocycles. The van der Waals surface area contributed by atoms with E-state index >= 15 is 0 Å². The smallest absolute Gasteiger partial charge is 0.242 e. The molecule has 0 heterocycles. The van der Waals surface area contributed by atoms with Crippen molar-refractivity contribution in [3.63, 3.8) is 0 Å². The van der Waals surface area contributed by atoms with Crippen LogP contribution in [0.2, 0.25) is 0 Å². The molecule has 1 N–H and O–H groups in total. The molecule has 1 aromatic rings. The summed E-state index contributed by atoms with van der Waals surface area (Å²) in [6, 6.07) is 6.48. The highest BCUT2D eigenvalue weighted by Crippen LogP contribution is 2.19. The average molecular weight is 350 g/mol. The Kier molecular flexibility index (Phi) is 6.57. The Morgan fingerprint density at radius 2 is 1.88 bits per heavy atom. The summed E-state index contributed by atoms with van der Waals surface area (Å²) in [4.78, 5) is 12.2. The number of hydrogen-bond acceptors (Lipinski definition) is 3. The molecule has 1 aliphatic carbocycles. The Hall–Kier alpha value is -1.66. The Balaban J connectivity index is 1.82. The van der Waals surface area contributed by atoms with Gasteiger partial charge in [-0.2, -0.15) is 0 Å². The van der Waals surface area contributed by atoms with Crippen molar-refractivity contribution in [3.05, 3.63) is 41.5 Å². The van der Waals surface area contributed by atoms with Gasteiger partial charge in [-0.3, -0.25) is 4.79 Å². The van der Waals surface area contributed by atoms with E-state index in [1.54, 1.807) is 24.3 Å². The Morgan fingerprint density at radius 1 is 1.17 bits per heavy atom. The molecule has 0 bridgehead atoms. The quantitative estimate of drug-likeness (QED) is 0.768. The molecule has 0 saturated carbocycles. The maximum atomic E-state index is 12.0. The normalized spacial score (nSPS) is 15.2. The summed E-state index contributed by atoms with van der Waals surface area (Å²) < 4.78 is 25.2. The summed E-state index contributed by atoms with van der Waals surface area (Å²) in [6.45, 7) is 0.664. The second-order valence-electron chi connectivity index (χ2n) is 6.32. The molecule has 132 valence electrons. The second-order valence-corrected chi connectivity index (χ2v) is 8.47. The number of nitrogens with one attached hydrogen (secondary N) is 1. The molecular weight excluding hydrogens is 324 g/mol. The number of carbonyl (C=O) groups excluding carboxylic acids is 1. The SMILES string of the molecule is CN(C)S(=O)(=O)c1ccc(CC(=O)NCCC2=CCCCC2)cc1. The van der Waals surface area contributed by atoms with Gasteiger partial charge in [-0.25, -0.2) is 12.7 Å². The maximum absolute atomic E-state index is 12.0. The summed E-state index contributed by atoms with van der Waals surface area (Å²) in [7, 11) is -0.425. The molecule has 24 heavy (non-hydrogen) atoms. The van der Waals surface area contributed by atoms with Gasteiger partial charge >= 0.3 is 0 Å². The van der Waals surface area contributed by atoms with Crippen LogP contribution in [0, 0.1) is 0 Å². The third-order valence-electron chi connectivity index (χ3n) is 4.22. The topological polar surface area (TPSA) is 66.5 Å². The van der Waals surface area contributed by atoms with Crippen LogP contribution in [0.1, 0.15) is 37.7 Å². The lowest BCUT2D eigenvalue weighted by atomic mass is 9.97. The fourth-order valence-electron chi connectivity index (χ4n) is 2.73. The van der Waals surface area contributed by atoms with E-state index in [0.29, 0.717) is 6.54 Å². The van der Waals surface area contributed by atoms with Gasteiger partial charge in [-0.1, -0.05) is 23.8 Å². The fourth-order valence-corrected chi connectivity index (χ4v) is 3.63. The van der Waals surface area contributed by atoms with Crippen LogP contribution in [-0.4, -0.2) is 39.3 Å². The second kappa shape index (κ2) is 8.44. The van der Waals surface area contributed by atoms with Crippen LogP contribution in [-0.2, 0) is 21.2 Å². The van der Waals surface area contributed by atoms with Crippen LogP contribution in [0.3, 0.4) is 0 Å². The van der Waals surface area contributed by atoms with Gasteiger partial charge in [0.1, 0.15) is 0 Å². The first-order valence-corrected chi connectivity index (χ1v) is 9.79. The van der Waals surface area contributed by atoms with Gasteiger partial charge in [0.2, 0.25) is 15.9 Å². The number of allylic oxidation sites excluding steroid dienone is 1. The van der Waals surface area contributed by atoms with Crippen LogP contribution < -0.4 is 5.32 Å². The van der Waals surface area contributed by atoms with Crippen molar-refractivity contribution < 1.29 is 13.2 Å². The number of amides is 1. The van der Waals surface area contributed by atoms with Crippen molar-refractivity contribution >= 4 is 15.9 Å². The lowest BCUT2D eigenvalue weighted by Crippen LogP contribution is -2.26. The molecule has 5 nitrogen and oxygen atoms in total. The van der Waals surface area contributed by atoms with Gasteiger partial charge in [-0.15, -0.1) is 0 Å². The van der Waals surface area contributed by atoms with E-state index < -0.39 is 10.0 Å². The first-order valence-electron chi connectivity index (χ1n) is 8.35. The molecule has 0 atom stereocenters. The molecule has 0 aliphatic heterocycles. The average Bonchev–Trinajstić information content (AvgIpc) is 2.56. The van der Waals surface area contributed by atoms with Crippen molar-refractivity contribution in [2.75, 3.05) is 20.6 Å². The summed E-state index contributed by atoms with van der Waals surface area (Å²) in [6.07, 6.45) is 8.31. The van der Waals surface area contributed by atoms with Gasteiger partial charge in [-0.05, 0) is 49.8 Å². The maximum Gasteiger partial charge on any atom is 0.242 e. The zero-order chi connectivity index (χ0) is 17.6. The molecule has 0 radical (unpaired) electrons. The van der Waals surface area contributed by atoms with Crippen molar-refractivity contribution in [1.82, 2.24) is 9.62 Å². The lowest BCUT2D eigenvalue weighted by molar-refractivity contribution is -0.120. The van der Waals surface area contributed by atoms with E-state index in [1.807, 2.05) is 0 Å². The first-order chi connectivity index (χ1) is 11.4. The van der Waals surface area contributed by atoms with Crippen molar-refractivity contribution in [3.8, 4) is 0 Å². The van der Waals surface area contributed by atoms with E-state index in [4.69, 9.17) is 0 Å². The molecule has 0 aromatic heterocycles. The predicted molar refractivity (Wildman–Crippen MR) is 95.2 cm³/mol. The first kappa shape index (κ1) is 18.7. The highest BCUT2D eigenvalue weighted by atomic mass is 32.2. The number of nitrogens with zero attached hydrogens (tertiary/aromatic N) is 1. The van der Waals surface area contributed by atoms with Gasteiger partial charge in [0, 0.05) is 20.6 Å². The number of carbonyl (C=O) groups is 1. The van der Waals surface area contributed by atoms with Crippen molar-refractivity contribution in [2.24, 2.45) is 0 Å². The van der Waals surface area contributed by atoms with Crippen LogP contribution in [0.4, 0.5) is 0 Å². The van der Waals surface area contributed by atoms with E-state index in [1.165, 1.54) is 36.8 Å². The molecule has 0 spiro atoms. The Bertz CT molecular complexity index is 691. The molecule has 0 fully saturated rings. The van der Waals surface area contributed by atoms with Crippen LogP contribution >= 0.6 is 0 Å². The minimum atomic E-state index is -3.42. The summed E-state index contributed by atoms with van der Waals surface area (Å²) >= 11 is 0. The Morgan fingerprint density at radius 3 is 2.46 bits per heavy atom. The largest absolute Gasteiger partial charge is 0.355 e. The van der Waals surface area contributed by atoms with E-state index in [9.17, 15) is 13.2 Å². The van der Waals surface area contributed by atoms with Crippen LogP contribution in [0.5, 0.6) is 0 Å². The minimum Gasteiger partial charge on any atom is -0.355 e. The van der Waals surface area contributed by atoms with Crippen molar-refractivity contribution in [1.29, 1.82) is 0 Å². The number of sulfonamides is 1. The number of hydrogen-bond donors (Lipinski definition) is 1. The monoisotopic (exact) mass is 350 g/mol. The molecule has 0 unspecified atom stereocenters. The third-order valence-corrected chi connectivity index (χ3v) is 6.05. The fraction of sp³-hybridized carbons (Fsp3) is 0.500. The van der Waals surface area contributed by atoms with Gasteiger partial charge < -0.3 is 5.32 Å². The van der Waals surface area contributed by atoms with Gasteiger partial charge in [0.15, 0.2) is 0 Å². The number of rotatable bonds is 7. The molecular formula is C18H26N2O3S. The summed E-state index contributed by atoms with van der Waals surface area (Å²) in [5.41, 5.74) is 2.25. The molecule has 2 rings (SSSR count). The molecule has 6 heteroatoms. The van der Waals surface area contributed by atoms with Gasteiger partial charge in [0.05, 0.1) is 11.3 Å². The van der Waals surface area contributed by atoms with E-state index in [-0.39, 0.29) is 17.2 Å². The molecule has 1 amide bonds. The minimum absolute atomic E-state index is 0.0328. The third kappa shape index (κ3) is 5.18. The standard InChI is InChI=1S/C18H26N2O3S/c1-20(2)24(22,23)17-10-8-16(9-11-17)14-18(21)19-13-12-15-6-4-3-5-7-15/h6,8-11H,3-5,7,12-14H2,1-2H3,(H,19,21). The van der Waals surface area contributed by atoms with E-state index in [2.05, 4.69) is 11.4 Å². The highest BCUT2D eigenvalue weighted by molar-refractivity contribution is 7.89. The summed E-state index contributed by atoms with van der Waals surface area (Å²) in [5.74, 6) is -0.0328. The summed E-state index contributed by atoms with van der Waals surface area (Å²) in [5, 5.41) is 2.94. The molecule has 1 aliphatic rings. The van der Waals surface area contributed by atoms with E-state index in [0.717, 1.165) is 24.8 Å². The lowest BCUT2D eigenvalue weighted by Gasteiger charge is -2.13. The zero-order valence-electron chi connectivity index (χ0n) is 14.4. The van der Waals surface area contributed by atoms with Crippen molar-refractivity contribution in [2.45, 2.75) is 43.4 Å².